The molecule has 0 aromatic heterocycles. The summed E-state index contributed by atoms with van der Waals surface area (Å²) in [7, 11) is 0. The molecular formula is C21H26N2O3. The quantitative estimate of drug-likeness (QED) is 0.837. The number of benzene rings is 2. The van der Waals surface area contributed by atoms with Crippen molar-refractivity contribution in [1.82, 2.24) is 0 Å². The van der Waals surface area contributed by atoms with Gasteiger partial charge in [-0.2, -0.15) is 0 Å². The van der Waals surface area contributed by atoms with Crippen molar-refractivity contribution in [1.29, 1.82) is 0 Å². The summed E-state index contributed by atoms with van der Waals surface area (Å²) in [6.07, 6.45) is -0.648. The second-order valence-corrected chi connectivity index (χ2v) is 7.35. The molecule has 0 aliphatic rings. The Morgan fingerprint density at radius 2 is 1.58 bits per heavy atom. The standard InChI is InChI=1S/C21H26N2O3/c1-14-8-6-11-18(12-14)26-15(2)19(24)22-16-9-7-10-17(13-16)23-20(25)21(3,4)5/h6-13,15H,1-5H3,(H,22,24)(H,23,25). The van der Waals surface area contributed by atoms with E-state index in [9.17, 15) is 9.59 Å². The van der Waals surface area contributed by atoms with E-state index in [-0.39, 0.29) is 11.8 Å². The number of hydrogen-bond acceptors (Lipinski definition) is 3. The minimum atomic E-state index is -0.648. The second kappa shape index (κ2) is 8.04. The Bertz CT molecular complexity index is 794. The molecule has 0 spiro atoms. The maximum Gasteiger partial charge on any atom is 0.265 e. The fraction of sp³-hybridized carbons (Fsp3) is 0.333. The van der Waals surface area contributed by atoms with Gasteiger partial charge >= 0.3 is 0 Å². The average Bonchev–Trinajstić information content (AvgIpc) is 2.54. The summed E-state index contributed by atoms with van der Waals surface area (Å²) in [6.45, 7) is 9.20. The number of anilines is 2. The topological polar surface area (TPSA) is 67.4 Å². The molecule has 2 amide bonds. The Hall–Kier alpha value is -2.82. The first-order valence-electron chi connectivity index (χ1n) is 8.61. The Morgan fingerprint density at radius 3 is 2.19 bits per heavy atom. The highest BCUT2D eigenvalue weighted by atomic mass is 16.5. The molecule has 1 unspecified atom stereocenters. The fourth-order valence-electron chi connectivity index (χ4n) is 2.18. The summed E-state index contributed by atoms with van der Waals surface area (Å²) in [4.78, 5) is 24.5. The van der Waals surface area contributed by atoms with Crippen LogP contribution in [0.5, 0.6) is 5.75 Å². The van der Waals surface area contributed by atoms with Crippen LogP contribution in [0.25, 0.3) is 0 Å². The number of rotatable bonds is 5. The van der Waals surface area contributed by atoms with Gasteiger partial charge in [-0.05, 0) is 49.7 Å². The van der Waals surface area contributed by atoms with Crippen LogP contribution in [0.15, 0.2) is 48.5 Å². The van der Waals surface area contributed by atoms with Crippen LogP contribution in [0, 0.1) is 12.3 Å². The van der Waals surface area contributed by atoms with Crippen molar-refractivity contribution in [3.63, 3.8) is 0 Å². The zero-order valence-corrected chi connectivity index (χ0v) is 15.9. The first kappa shape index (κ1) is 19.5. The van der Waals surface area contributed by atoms with Crippen molar-refractivity contribution in [3.05, 3.63) is 54.1 Å². The number of carbonyl (C=O) groups excluding carboxylic acids is 2. The van der Waals surface area contributed by atoms with Gasteiger partial charge < -0.3 is 15.4 Å². The van der Waals surface area contributed by atoms with Crippen molar-refractivity contribution in [3.8, 4) is 5.75 Å². The minimum Gasteiger partial charge on any atom is -0.481 e. The molecular weight excluding hydrogens is 328 g/mol. The van der Waals surface area contributed by atoms with Crippen LogP contribution in [-0.2, 0) is 9.59 Å². The van der Waals surface area contributed by atoms with Crippen LogP contribution >= 0.6 is 0 Å². The maximum absolute atomic E-state index is 12.4. The van der Waals surface area contributed by atoms with Gasteiger partial charge in [-0.15, -0.1) is 0 Å². The average molecular weight is 354 g/mol. The molecule has 2 aromatic rings. The molecule has 2 N–H and O–H groups in total. The summed E-state index contributed by atoms with van der Waals surface area (Å²) in [5.74, 6) is 0.307. The van der Waals surface area contributed by atoms with Crippen molar-refractivity contribution >= 4 is 23.2 Å². The highest BCUT2D eigenvalue weighted by Crippen LogP contribution is 2.20. The largest absolute Gasteiger partial charge is 0.481 e. The lowest BCUT2D eigenvalue weighted by Crippen LogP contribution is -2.30. The summed E-state index contributed by atoms with van der Waals surface area (Å²) in [5, 5.41) is 5.66. The van der Waals surface area contributed by atoms with E-state index >= 15 is 0 Å². The highest BCUT2D eigenvalue weighted by Gasteiger charge is 2.21. The summed E-state index contributed by atoms with van der Waals surface area (Å²) in [6, 6.07) is 14.6. The van der Waals surface area contributed by atoms with Crippen molar-refractivity contribution in [2.45, 2.75) is 40.7 Å². The second-order valence-electron chi connectivity index (χ2n) is 7.35. The normalized spacial score (nSPS) is 12.2. The van der Waals surface area contributed by atoms with Gasteiger partial charge in [0.1, 0.15) is 5.75 Å². The molecule has 0 aliphatic heterocycles. The van der Waals surface area contributed by atoms with Crippen molar-refractivity contribution in [2.24, 2.45) is 5.41 Å². The van der Waals surface area contributed by atoms with Gasteiger partial charge in [-0.25, -0.2) is 0 Å². The Morgan fingerprint density at radius 1 is 0.962 bits per heavy atom. The first-order valence-corrected chi connectivity index (χ1v) is 8.61. The zero-order chi connectivity index (χ0) is 19.3. The lowest BCUT2D eigenvalue weighted by atomic mass is 9.95. The van der Waals surface area contributed by atoms with Gasteiger partial charge in [0.05, 0.1) is 0 Å². The van der Waals surface area contributed by atoms with Gasteiger partial charge in [0.2, 0.25) is 5.91 Å². The molecule has 0 fully saturated rings. The van der Waals surface area contributed by atoms with E-state index < -0.39 is 11.5 Å². The van der Waals surface area contributed by atoms with Crippen LogP contribution in [0.2, 0.25) is 0 Å². The van der Waals surface area contributed by atoms with Crippen molar-refractivity contribution in [2.75, 3.05) is 10.6 Å². The molecule has 1 atom stereocenters. The van der Waals surface area contributed by atoms with Crippen LogP contribution in [0.4, 0.5) is 11.4 Å². The van der Waals surface area contributed by atoms with Crippen LogP contribution in [-0.4, -0.2) is 17.9 Å². The molecule has 2 aromatic carbocycles. The number of ether oxygens (including phenoxy) is 1. The number of carbonyl (C=O) groups is 2. The highest BCUT2D eigenvalue weighted by molar-refractivity contribution is 5.97. The molecule has 0 heterocycles. The molecule has 0 saturated heterocycles. The summed E-state index contributed by atoms with van der Waals surface area (Å²) < 4.78 is 5.69. The van der Waals surface area contributed by atoms with Gasteiger partial charge in [-0.3, -0.25) is 9.59 Å². The van der Waals surface area contributed by atoms with Crippen molar-refractivity contribution < 1.29 is 14.3 Å². The molecule has 5 nitrogen and oxygen atoms in total. The molecule has 5 heteroatoms. The van der Waals surface area contributed by atoms with Crippen LogP contribution in [0.1, 0.15) is 33.3 Å². The van der Waals surface area contributed by atoms with E-state index in [1.54, 1.807) is 31.2 Å². The SMILES string of the molecule is Cc1cccc(OC(C)C(=O)Nc2cccc(NC(=O)C(C)(C)C)c2)c1. The first-order chi connectivity index (χ1) is 12.1. The summed E-state index contributed by atoms with van der Waals surface area (Å²) in [5.41, 5.74) is 1.81. The molecule has 26 heavy (non-hydrogen) atoms. The van der Waals surface area contributed by atoms with E-state index in [1.165, 1.54) is 0 Å². The number of amides is 2. The number of hydrogen-bond donors (Lipinski definition) is 2. The van der Waals surface area contributed by atoms with E-state index in [1.807, 2.05) is 52.0 Å². The maximum atomic E-state index is 12.4. The summed E-state index contributed by atoms with van der Waals surface area (Å²) >= 11 is 0. The lowest BCUT2D eigenvalue weighted by molar-refractivity contribution is -0.123. The van der Waals surface area contributed by atoms with Gasteiger partial charge in [0.15, 0.2) is 6.10 Å². The van der Waals surface area contributed by atoms with E-state index in [0.717, 1.165) is 5.56 Å². The molecule has 0 radical (unpaired) electrons. The van der Waals surface area contributed by atoms with E-state index in [2.05, 4.69) is 10.6 Å². The molecule has 138 valence electrons. The molecule has 0 aliphatic carbocycles. The van der Waals surface area contributed by atoms with Gasteiger partial charge in [0.25, 0.3) is 5.91 Å². The third-order valence-electron chi connectivity index (χ3n) is 3.74. The van der Waals surface area contributed by atoms with E-state index in [4.69, 9.17) is 4.74 Å². The van der Waals surface area contributed by atoms with E-state index in [0.29, 0.717) is 17.1 Å². The van der Waals surface area contributed by atoms with Gasteiger partial charge in [-0.1, -0.05) is 39.0 Å². The number of nitrogens with one attached hydrogen (secondary N) is 2. The predicted octanol–water partition coefficient (Wildman–Crippen LogP) is 4.39. The van der Waals surface area contributed by atoms with Crippen LogP contribution in [0.3, 0.4) is 0 Å². The predicted molar refractivity (Wildman–Crippen MR) is 104 cm³/mol. The van der Waals surface area contributed by atoms with Gasteiger partial charge in [0, 0.05) is 16.8 Å². The minimum absolute atomic E-state index is 0.0860. The van der Waals surface area contributed by atoms with Crippen LogP contribution < -0.4 is 15.4 Å². The number of aryl methyl sites for hydroxylation is 1. The lowest BCUT2D eigenvalue weighted by Gasteiger charge is -2.18. The third kappa shape index (κ3) is 5.62. The molecule has 0 bridgehead atoms. The monoisotopic (exact) mass is 354 g/mol. The fourth-order valence-corrected chi connectivity index (χ4v) is 2.18. The molecule has 0 saturated carbocycles. The zero-order valence-electron chi connectivity index (χ0n) is 15.9. The Labute approximate surface area is 154 Å². The molecule has 2 rings (SSSR count). The Balaban J connectivity index is 2.00. The smallest absolute Gasteiger partial charge is 0.265 e. The Kier molecular flexibility index (Phi) is 6.03. The third-order valence-corrected chi connectivity index (χ3v) is 3.74.